The molecule has 1 rings (SSSR count). The third-order valence-corrected chi connectivity index (χ3v) is 1.79. The second-order valence-electron chi connectivity index (χ2n) is 3.28. The normalized spacial score (nSPS) is 11.8. The van der Waals surface area contributed by atoms with E-state index >= 15 is 0 Å². The molecule has 0 saturated carbocycles. The van der Waals surface area contributed by atoms with Crippen molar-refractivity contribution in [1.29, 1.82) is 0 Å². The lowest BCUT2D eigenvalue weighted by atomic mass is 10.3. The van der Waals surface area contributed by atoms with Crippen molar-refractivity contribution in [3.05, 3.63) is 44.5 Å². The zero-order chi connectivity index (χ0) is 15.1. The maximum absolute atomic E-state index is 10.1. The number of hydrazone groups is 2. The van der Waals surface area contributed by atoms with Crippen LogP contribution in [-0.4, -0.2) is 22.0 Å². The summed E-state index contributed by atoms with van der Waals surface area (Å²) in [7, 11) is 0. The minimum Gasteiger partial charge on any atom is -0.364 e. The summed E-state index contributed by atoms with van der Waals surface area (Å²) in [5.74, 6) is -0.835. The van der Waals surface area contributed by atoms with Crippen LogP contribution in [-0.2, 0) is 0 Å². The van der Waals surface area contributed by atoms with E-state index < -0.39 is 22.0 Å². The molecule has 0 aliphatic carbocycles. The molecule has 0 fully saturated rings. The Hall–Kier alpha value is -3.44. The molecule has 12 heteroatoms. The fourth-order valence-corrected chi connectivity index (χ4v) is 1.20. The number of nitrogens with two attached hydrogens (primary N) is 2. The fourth-order valence-electron chi connectivity index (χ4n) is 1.20. The number of hydrogen-bond donors (Lipinski definition) is 4. The highest BCUT2D eigenvalue weighted by Gasteiger charge is 2.03. The maximum Gasteiger partial charge on any atom is 0.270 e. The van der Waals surface area contributed by atoms with E-state index in [-0.39, 0.29) is 0 Å². The molecule has 0 bridgehead atoms. The monoisotopic (exact) mass is 282 g/mol. The first-order chi connectivity index (χ1) is 9.36. The molecule has 0 radical (unpaired) electrons. The quantitative estimate of drug-likeness (QED) is 0.246. The van der Waals surface area contributed by atoms with Crippen molar-refractivity contribution in [3.8, 4) is 0 Å². The van der Waals surface area contributed by atoms with Crippen LogP contribution in [0, 0.1) is 20.2 Å². The molecular formula is C8H10N8O4. The van der Waals surface area contributed by atoms with Crippen molar-refractivity contribution in [1.82, 2.24) is 0 Å². The lowest BCUT2D eigenvalue weighted by Crippen LogP contribution is -2.25. The number of nitrogens with zero attached hydrogens (tertiary/aromatic N) is 4. The minimum absolute atomic E-state index is 0.368. The summed E-state index contributed by atoms with van der Waals surface area (Å²) in [6.07, 6.45) is 0. The van der Waals surface area contributed by atoms with Gasteiger partial charge in [-0.3, -0.25) is 0 Å². The molecule has 0 aromatic heterocycles. The Bertz CT molecular complexity index is 536. The predicted molar refractivity (Wildman–Crippen MR) is 70.9 cm³/mol. The van der Waals surface area contributed by atoms with Crippen molar-refractivity contribution >= 4 is 23.3 Å². The molecule has 0 unspecified atom stereocenters. The third-order valence-electron chi connectivity index (χ3n) is 1.79. The Morgan fingerprint density at radius 2 is 1.40 bits per heavy atom. The lowest BCUT2D eigenvalue weighted by Gasteiger charge is -2.06. The van der Waals surface area contributed by atoms with Crippen molar-refractivity contribution in [2.75, 3.05) is 10.6 Å². The van der Waals surface area contributed by atoms with Gasteiger partial charge < -0.3 is 22.1 Å². The molecule has 0 atom stereocenters. The highest BCUT2D eigenvalue weighted by atomic mass is 16.7. The van der Waals surface area contributed by atoms with Gasteiger partial charge in [0.1, 0.15) is 10.2 Å². The summed E-state index contributed by atoms with van der Waals surface area (Å²) >= 11 is 0. The first kappa shape index (κ1) is 14.6. The molecule has 6 N–H and O–H groups in total. The van der Waals surface area contributed by atoms with Gasteiger partial charge in [-0.05, 0) is 18.2 Å². The predicted octanol–water partition coefficient (Wildman–Crippen LogP) is -0.477. The molecule has 0 heterocycles. The standard InChI is InChI=1S/C8H10N8O4/c9-7(13-15(17)18)11-5-2-1-3-6(4-5)12-8(10)14-16(19)20/h1-4H,(H3,9,11,13)(H3,10,12,14). The second kappa shape index (κ2) is 6.48. The van der Waals surface area contributed by atoms with Crippen LogP contribution in [0.1, 0.15) is 0 Å². The van der Waals surface area contributed by atoms with Crippen molar-refractivity contribution in [2.24, 2.45) is 21.7 Å². The maximum atomic E-state index is 10.1. The first-order valence-electron chi connectivity index (χ1n) is 4.98. The molecule has 0 amide bonds. The van der Waals surface area contributed by atoms with E-state index in [0.717, 1.165) is 0 Å². The molecule has 106 valence electrons. The van der Waals surface area contributed by atoms with E-state index in [1.165, 1.54) is 6.07 Å². The zero-order valence-electron chi connectivity index (χ0n) is 9.89. The number of nitro groups is 2. The summed E-state index contributed by atoms with van der Waals surface area (Å²) in [4.78, 5) is 20.2. The minimum atomic E-state index is -0.952. The molecule has 1 aromatic rings. The highest BCUT2D eigenvalue weighted by Crippen LogP contribution is 2.14. The number of hydrogen-bond acceptors (Lipinski definition) is 4. The average molecular weight is 282 g/mol. The van der Waals surface area contributed by atoms with Crippen LogP contribution in [0.5, 0.6) is 0 Å². The van der Waals surface area contributed by atoms with Gasteiger partial charge in [0.15, 0.2) is 10.1 Å². The second-order valence-corrected chi connectivity index (χ2v) is 3.28. The van der Waals surface area contributed by atoms with Gasteiger partial charge in [-0.1, -0.05) is 6.07 Å². The largest absolute Gasteiger partial charge is 0.364 e. The van der Waals surface area contributed by atoms with E-state index in [1.54, 1.807) is 18.2 Å². The molecule has 0 aliphatic rings. The van der Waals surface area contributed by atoms with Crippen LogP contribution in [0.2, 0.25) is 0 Å². The number of nitrogens with one attached hydrogen (secondary N) is 2. The topological polar surface area (TPSA) is 187 Å². The van der Waals surface area contributed by atoms with E-state index in [9.17, 15) is 20.2 Å². The molecule has 1 aromatic carbocycles. The van der Waals surface area contributed by atoms with Crippen molar-refractivity contribution < 1.29 is 10.1 Å². The number of rotatable bonds is 4. The van der Waals surface area contributed by atoms with E-state index in [0.29, 0.717) is 11.4 Å². The molecule has 0 saturated heterocycles. The Labute approximate surface area is 111 Å². The van der Waals surface area contributed by atoms with Crippen LogP contribution < -0.4 is 22.1 Å². The summed E-state index contributed by atoms with van der Waals surface area (Å²) in [6.45, 7) is 0. The highest BCUT2D eigenvalue weighted by molar-refractivity contribution is 5.95. The molecule has 0 spiro atoms. The molecule has 20 heavy (non-hydrogen) atoms. The van der Waals surface area contributed by atoms with Crippen LogP contribution in [0.4, 0.5) is 11.4 Å². The number of anilines is 2. The van der Waals surface area contributed by atoms with Crippen molar-refractivity contribution in [2.45, 2.75) is 0 Å². The Morgan fingerprint density at radius 1 is 1.00 bits per heavy atom. The van der Waals surface area contributed by atoms with Gasteiger partial charge in [-0.25, -0.2) is 20.2 Å². The Balaban J connectivity index is 2.81. The van der Waals surface area contributed by atoms with Gasteiger partial charge >= 0.3 is 0 Å². The summed E-state index contributed by atoms with van der Waals surface area (Å²) < 4.78 is 0. The van der Waals surface area contributed by atoms with E-state index in [2.05, 4.69) is 20.8 Å². The van der Waals surface area contributed by atoms with Crippen LogP contribution >= 0.6 is 0 Å². The average Bonchev–Trinajstić information content (AvgIpc) is 2.26. The summed E-state index contributed by atoms with van der Waals surface area (Å²) in [5, 5.41) is 28.9. The summed E-state index contributed by atoms with van der Waals surface area (Å²) in [5.41, 5.74) is 11.3. The van der Waals surface area contributed by atoms with Gasteiger partial charge in [0.25, 0.3) is 11.9 Å². The lowest BCUT2D eigenvalue weighted by molar-refractivity contribution is -0.485. The molecular weight excluding hydrogens is 272 g/mol. The Morgan fingerprint density at radius 3 is 1.75 bits per heavy atom. The first-order valence-corrected chi connectivity index (χ1v) is 4.98. The molecule has 12 nitrogen and oxygen atoms in total. The van der Waals surface area contributed by atoms with Gasteiger partial charge in [-0.15, -0.1) is 0 Å². The van der Waals surface area contributed by atoms with Gasteiger partial charge in [0.05, 0.1) is 0 Å². The van der Waals surface area contributed by atoms with Crippen LogP contribution in [0.25, 0.3) is 0 Å². The number of guanidine groups is 2. The van der Waals surface area contributed by atoms with Gasteiger partial charge in [0.2, 0.25) is 0 Å². The smallest absolute Gasteiger partial charge is 0.270 e. The van der Waals surface area contributed by atoms with Crippen LogP contribution in [0.3, 0.4) is 0 Å². The van der Waals surface area contributed by atoms with E-state index in [1.807, 2.05) is 0 Å². The molecule has 0 aliphatic heterocycles. The Kier molecular flexibility index (Phi) is 4.74. The van der Waals surface area contributed by atoms with Gasteiger partial charge in [-0.2, -0.15) is 0 Å². The van der Waals surface area contributed by atoms with E-state index in [4.69, 9.17) is 11.5 Å². The van der Waals surface area contributed by atoms with Crippen LogP contribution in [0.15, 0.2) is 34.5 Å². The zero-order valence-corrected chi connectivity index (χ0v) is 9.89. The fraction of sp³-hybridized carbons (Fsp3) is 0. The third kappa shape index (κ3) is 5.26. The summed E-state index contributed by atoms with van der Waals surface area (Å²) in [6, 6.07) is 6.11. The van der Waals surface area contributed by atoms with Crippen molar-refractivity contribution in [3.63, 3.8) is 0 Å². The SMILES string of the molecule is NC(=N[N+](=O)[O-])Nc1cccc(NC(N)=N[N+](=O)[O-])c1. The number of benzene rings is 1. The van der Waals surface area contributed by atoms with Gasteiger partial charge in [0, 0.05) is 11.4 Å².